The van der Waals surface area contributed by atoms with Crippen LogP contribution in [-0.2, 0) is 6.54 Å². The van der Waals surface area contributed by atoms with Crippen molar-refractivity contribution in [1.82, 2.24) is 5.32 Å². The second kappa shape index (κ2) is 6.44. The molecule has 0 atom stereocenters. The Labute approximate surface area is 126 Å². The Bertz CT molecular complexity index is 662. The Hall–Kier alpha value is -2.29. The van der Waals surface area contributed by atoms with Crippen LogP contribution >= 0.6 is 0 Å². The van der Waals surface area contributed by atoms with Crippen molar-refractivity contribution in [2.75, 3.05) is 12.4 Å². The Morgan fingerprint density at radius 2 is 1.76 bits per heavy atom. The Morgan fingerprint density at radius 3 is 2.38 bits per heavy atom. The summed E-state index contributed by atoms with van der Waals surface area (Å²) in [6.07, 6.45) is 0. The molecular formula is C18H22N2O. The van der Waals surface area contributed by atoms with E-state index in [4.69, 9.17) is 0 Å². The van der Waals surface area contributed by atoms with Gasteiger partial charge in [-0.2, -0.15) is 0 Å². The molecule has 0 aliphatic heterocycles. The Morgan fingerprint density at radius 1 is 1.00 bits per heavy atom. The van der Waals surface area contributed by atoms with Crippen LogP contribution in [0.5, 0.6) is 0 Å². The van der Waals surface area contributed by atoms with Gasteiger partial charge in [0, 0.05) is 24.8 Å². The zero-order chi connectivity index (χ0) is 15.4. The fourth-order valence-electron chi connectivity index (χ4n) is 2.38. The summed E-state index contributed by atoms with van der Waals surface area (Å²) in [5.74, 6) is -0.0565. The first-order valence-electron chi connectivity index (χ1n) is 7.14. The van der Waals surface area contributed by atoms with Crippen LogP contribution in [-0.4, -0.2) is 13.0 Å². The van der Waals surface area contributed by atoms with E-state index in [0.29, 0.717) is 5.56 Å². The lowest BCUT2D eigenvalue weighted by molar-refractivity contribution is 0.0963. The lowest BCUT2D eigenvalue weighted by atomic mass is 10.0. The molecule has 0 saturated carbocycles. The van der Waals surface area contributed by atoms with Crippen LogP contribution in [0.1, 0.15) is 32.6 Å². The van der Waals surface area contributed by atoms with Gasteiger partial charge in [-0.15, -0.1) is 0 Å². The van der Waals surface area contributed by atoms with E-state index in [1.165, 1.54) is 16.7 Å². The van der Waals surface area contributed by atoms with Crippen LogP contribution in [0.4, 0.5) is 5.69 Å². The average Bonchev–Trinajstić information content (AvgIpc) is 2.46. The zero-order valence-electron chi connectivity index (χ0n) is 13.1. The van der Waals surface area contributed by atoms with Crippen LogP contribution in [0.2, 0.25) is 0 Å². The second-order valence-corrected chi connectivity index (χ2v) is 5.39. The molecule has 0 unspecified atom stereocenters. The lowest BCUT2D eigenvalue weighted by Gasteiger charge is -2.13. The predicted molar refractivity (Wildman–Crippen MR) is 87.8 cm³/mol. The van der Waals surface area contributed by atoms with Crippen molar-refractivity contribution in [1.29, 1.82) is 0 Å². The van der Waals surface area contributed by atoms with E-state index in [-0.39, 0.29) is 5.91 Å². The lowest BCUT2D eigenvalue weighted by Crippen LogP contribution is -2.17. The molecule has 0 radical (unpaired) electrons. The highest BCUT2D eigenvalue weighted by molar-refractivity contribution is 5.94. The van der Waals surface area contributed by atoms with Gasteiger partial charge in [0.15, 0.2) is 0 Å². The zero-order valence-corrected chi connectivity index (χ0v) is 13.1. The minimum Gasteiger partial charge on any atom is -0.381 e. The highest BCUT2D eigenvalue weighted by atomic mass is 16.1. The minimum absolute atomic E-state index is 0.0565. The Kier molecular flexibility index (Phi) is 4.63. The topological polar surface area (TPSA) is 41.1 Å². The fourth-order valence-corrected chi connectivity index (χ4v) is 2.38. The predicted octanol–water partition coefficient (Wildman–Crippen LogP) is 3.58. The summed E-state index contributed by atoms with van der Waals surface area (Å²) in [7, 11) is 1.64. The molecule has 3 nitrogen and oxygen atoms in total. The van der Waals surface area contributed by atoms with E-state index in [9.17, 15) is 4.79 Å². The standard InChI is InChI=1S/C18H22N2O/c1-12-5-6-16(13(2)9-12)11-20-17-8-7-15(10-14(17)3)18(21)19-4/h5-10,20H,11H2,1-4H3,(H,19,21). The third kappa shape index (κ3) is 3.63. The molecule has 0 saturated heterocycles. The van der Waals surface area contributed by atoms with Crippen LogP contribution < -0.4 is 10.6 Å². The maximum atomic E-state index is 11.6. The summed E-state index contributed by atoms with van der Waals surface area (Å²) in [6, 6.07) is 12.2. The number of rotatable bonds is 4. The summed E-state index contributed by atoms with van der Waals surface area (Å²) >= 11 is 0. The van der Waals surface area contributed by atoms with Crippen molar-refractivity contribution in [2.45, 2.75) is 27.3 Å². The van der Waals surface area contributed by atoms with E-state index in [1.807, 2.05) is 25.1 Å². The molecule has 21 heavy (non-hydrogen) atoms. The van der Waals surface area contributed by atoms with Crippen LogP contribution in [0.3, 0.4) is 0 Å². The molecule has 2 rings (SSSR count). The maximum Gasteiger partial charge on any atom is 0.251 e. The van der Waals surface area contributed by atoms with Gasteiger partial charge in [-0.1, -0.05) is 23.8 Å². The number of benzene rings is 2. The molecular weight excluding hydrogens is 260 g/mol. The number of carbonyl (C=O) groups is 1. The highest BCUT2D eigenvalue weighted by Gasteiger charge is 2.06. The van der Waals surface area contributed by atoms with E-state index in [1.54, 1.807) is 7.05 Å². The SMILES string of the molecule is CNC(=O)c1ccc(NCc2ccc(C)cc2C)c(C)c1. The average molecular weight is 282 g/mol. The third-order valence-corrected chi connectivity index (χ3v) is 3.68. The third-order valence-electron chi connectivity index (χ3n) is 3.68. The van der Waals surface area contributed by atoms with Gasteiger partial charge in [0.2, 0.25) is 0 Å². The second-order valence-electron chi connectivity index (χ2n) is 5.39. The number of aryl methyl sites for hydroxylation is 3. The van der Waals surface area contributed by atoms with Gasteiger partial charge >= 0.3 is 0 Å². The monoisotopic (exact) mass is 282 g/mol. The first-order chi connectivity index (χ1) is 10.0. The highest BCUT2D eigenvalue weighted by Crippen LogP contribution is 2.19. The maximum absolute atomic E-state index is 11.6. The number of carbonyl (C=O) groups excluding carboxylic acids is 1. The molecule has 3 heteroatoms. The quantitative estimate of drug-likeness (QED) is 0.900. The van der Waals surface area contributed by atoms with Gasteiger partial charge in [0.25, 0.3) is 5.91 Å². The summed E-state index contributed by atoms with van der Waals surface area (Å²) in [5.41, 5.74) is 6.68. The Balaban J connectivity index is 2.11. The molecule has 2 aromatic carbocycles. The molecule has 0 heterocycles. The van der Waals surface area contributed by atoms with Crippen molar-refractivity contribution >= 4 is 11.6 Å². The number of anilines is 1. The summed E-state index contributed by atoms with van der Waals surface area (Å²) in [6.45, 7) is 7.03. The largest absolute Gasteiger partial charge is 0.381 e. The molecule has 2 aromatic rings. The summed E-state index contributed by atoms with van der Waals surface area (Å²) in [5, 5.41) is 6.08. The van der Waals surface area contributed by atoms with Crippen LogP contribution in [0, 0.1) is 20.8 Å². The van der Waals surface area contributed by atoms with E-state index in [0.717, 1.165) is 17.8 Å². The number of nitrogens with one attached hydrogen (secondary N) is 2. The summed E-state index contributed by atoms with van der Waals surface area (Å²) < 4.78 is 0. The number of hydrogen-bond donors (Lipinski definition) is 2. The van der Waals surface area contributed by atoms with Crippen LogP contribution in [0.15, 0.2) is 36.4 Å². The van der Waals surface area contributed by atoms with Crippen molar-refractivity contribution in [3.8, 4) is 0 Å². The molecule has 1 amide bonds. The van der Waals surface area contributed by atoms with E-state index in [2.05, 4.69) is 42.7 Å². The first kappa shape index (κ1) is 15.1. The minimum atomic E-state index is -0.0565. The van der Waals surface area contributed by atoms with E-state index >= 15 is 0 Å². The van der Waals surface area contributed by atoms with Crippen molar-refractivity contribution in [3.63, 3.8) is 0 Å². The van der Waals surface area contributed by atoms with Gasteiger partial charge in [0.05, 0.1) is 0 Å². The molecule has 0 aliphatic rings. The smallest absolute Gasteiger partial charge is 0.251 e. The molecule has 2 N–H and O–H groups in total. The van der Waals surface area contributed by atoms with Gasteiger partial charge in [-0.3, -0.25) is 4.79 Å². The molecule has 110 valence electrons. The number of amides is 1. The van der Waals surface area contributed by atoms with Gasteiger partial charge in [-0.05, 0) is 55.7 Å². The van der Waals surface area contributed by atoms with Crippen LogP contribution in [0.25, 0.3) is 0 Å². The number of hydrogen-bond acceptors (Lipinski definition) is 2. The van der Waals surface area contributed by atoms with Crippen molar-refractivity contribution in [3.05, 3.63) is 64.2 Å². The fraction of sp³-hybridized carbons (Fsp3) is 0.278. The normalized spacial score (nSPS) is 10.3. The molecule has 0 bridgehead atoms. The van der Waals surface area contributed by atoms with Gasteiger partial charge in [-0.25, -0.2) is 0 Å². The molecule has 0 fully saturated rings. The van der Waals surface area contributed by atoms with Crippen molar-refractivity contribution < 1.29 is 4.79 Å². The molecule has 0 spiro atoms. The molecule has 0 aliphatic carbocycles. The van der Waals surface area contributed by atoms with Crippen molar-refractivity contribution in [2.24, 2.45) is 0 Å². The first-order valence-corrected chi connectivity index (χ1v) is 7.14. The van der Waals surface area contributed by atoms with Gasteiger partial charge < -0.3 is 10.6 Å². The van der Waals surface area contributed by atoms with E-state index < -0.39 is 0 Å². The molecule has 0 aromatic heterocycles. The summed E-state index contributed by atoms with van der Waals surface area (Å²) in [4.78, 5) is 11.6. The van der Waals surface area contributed by atoms with Gasteiger partial charge in [0.1, 0.15) is 0 Å².